The number of fused-ring (bicyclic) bond motifs is 1. The third-order valence-corrected chi connectivity index (χ3v) is 7.76. The summed E-state index contributed by atoms with van der Waals surface area (Å²) in [5.41, 5.74) is 1.78. The van der Waals surface area contributed by atoms with Gasteiger partial charge in [0, 0.05) is 52.4 Å². The first-order chi connectivity index (χ1) is 19.1. The van der Waals surface area contributed by atoms with Crippen LogP contribution in [-0.2, 0) is 15.6 Å². The monoisotopic (exact) mass is 549 g/mol. The standard InChI is InChI=1S/C16H18N6O2S.C11H13NO2/c1-24-13-15(19-14-11-4-2-3-5-12(11)20-21-14)17-10-18-16(13)22-6-8-25(23)9-7-22;1-14-10-6-4-9(5-7-10)12-11(13)8-2-3-8/h2-5,10H,6-9H2,1H3,(H2,17,18,19,20,21);4-8H,2-3H2,1H3,(H,12,13). The number of rotatable bonds is 7. The number of nitrogens with one attached hydrogen (secondary N) is 3. The number of aromatic amines is 1. The molecule has 6 rings (SSSR count). The van der Waals surface area contributed by atoms with Gasteiger partial charge in [0.2, 0.25) is 11.7 Å². The van der Waals surface area contributed by atoms with Gasteiger partial charge in [-0.2, -0.15) is 5.10 Å². The maximum absolute atomic E-state index is 11.6. The summed E-state index contributed by atoms with van der Waals surface area (Å²) in [4.78, 5) is 22.2. The first-order valence-corrected chi connectivity index (χ1v) is 14.2. The molecule has 3 N–H and O–H groups in total. The second kappa shape index (κ2) is 12.1. The fourth-order valence-corrected chi connectivity index (χ4v) is 5.20. The summed E-state index contributed by atoms with van der Waals surface area (Å²) >= 11 is 0. The number of carbonyl (C=O) groups is 1. The van der Waals surface area contributed by atoms with E-state index in [0.717, 1.165) is 35.2 Å². The van der Waals surface area contributed by atoms with Gasteiger partial charge in [0.05, 0.1) is 19.7 Å². The number of methoxy groups -OCH3 is 2. The SMILES string of the molecule is COc1c(Nc2n[nH]c3ccccc23)ncnc1N1CCS(=O)CC1.COc1ccc(NC(=O)C2CC2)cc1. The molecule has 1 saturated carbocycles. The van der Waals surface area contributed by atoms with Gasteiger partial charge < -0.3 is 25.0 Å². The van der Waals surface area contributed by atoms with Gasteiger partial charge in [0.1, 0.15) is 12.1 Å². The van der Waals surface area contributed by atoms with Gasteiger partial charge in [0.15, 0.2) is 17.5 Å². The zero-order valence-corrected chi connectivity index (χ0v) is 22.7. The van der Waals surface area contributed by atoms with E-state index in [1.165, 1.54) is 6.33 Å². The third kappa shape index (κ3) is 6.45. The molecule has 0 spiro atoms. The molecule has 39 heavy (non-hydrogen) atoms. The van der Waals surface area contributed by atoms with Crippen molar-refractivity contribution in [2.75, 3.05) is 54.3 Å². The van der Waals surface area contributed by atoms with Crippen molar-refractivity contribution in [1.29, 1.82) is 0 Å². The molecule has 0 atom stereocenters. The molecule has 12 heteroatoms. The molecule has 1 saturated heterocycles. The van der Waals surface area contributed by atoms with Gasteiger partial charge in [-0.3, -0.25) is 14.1 Å². The quantitative estimate of drug-likeness (QED) is 0.315. The number of amides is 1. The van der Waals surface area contributed by atoms with Crippen molar-refractivity contribution in [3.05, 3.63) is 54.9 Å². The summed E-state index contributed by atoms with van der Waals surface area (Å²) in [5, 5.41) is 14.4. The largest absolute Gasteiger partial charge is 0.497 e. The minimum absolute atomic E-state index is 0.134. The van der Waals surface area contributed by atoms with Crippen molar-refractivity contribution >= 4 is 50.8 Å². The van der Waals surface area contributed by atoms with Crippen molar-refractivity contribution in [3.63, 3.8) is 0 Å². The highest BCUT2D eigenvalue weighted by atomic mass is 32.2. The Morgan fingerprint density at radius 2 is 1.74 bits per heavy atom. The van der Waals surface area contributed by atoms with Crippen LogP contribution in [0.4, 0.5) is 23.1 Å². The number of hydrogen-bond acceptors (Lipinski definition) is 9. The Balaban J connectivity index is 0.000000186. The fourth-order valence-electron chi connectivity index (χ4n) is 4.15. The van der Waals surface area contributed by atoms with E-state index < -0.39 is 10.8 Å². The second-order valence-corrected chi connectivity index (χ2v) is 10.8. The van der Waals surface area contributed by atoms with Gasteiger partial charge in [-0.15, -0.1) is 0 Å². The Kier molecular flexibility index (Phi) is 8.21. The Labute approximate surface area is 228 Å². The number of para-hydroxylation sites is 1. The minimum Gasteiger partial charge on any atom is -0.497 e. The average Bonchev–Trinajstić information content (AvgIpc) is 3.76. The van der Waals surface area contributed by atoms with E-state index in [-0.39, 0.29) is 11.8 Å². The number of ether oxygens (including phenoxy) is 2. The smallest absolute Gasteiger partial charge is 0.227 e. The van der Waals surface area contributed by atoms with Crippen molar-refractivity contribution in [1.82, 2.24) is 20.2 Å². The van der Waals surface area contributed by atoms with Gasteiger partial charge in [-0.05, 0) is 49.2 Å². The number of hydrogen-bond donors (Lipinski definition) is 3. The highest BCUT2D eigenvalue weighted by molar-refractivity contribution is 7.85. The molecule has 2 aromatic carbocycles. The number of aromatic nitrogens is 4. The molecule has 3 heterocycles. The van der Waals surface area contributed by atoms with Crippen LogP contribution in [0.25, 0.3) is 10.9 Å². The second-order valence-electron chi connectivity index (χ2n) is 9.15. The number of nitrogens with zero attached hydrogens (tertiary/aromatic N) is 4. The van der Waals surface area contributed by atoms with E-state index in [0.29, 0.717) is 47.8 Å². The maximum atomic E-state index is 11.6. The van der Waals surface area contributed by atoms with Gasteiger partial charge >= 0.3 is 0 Å². The molecular formula is C27H31N7O4S. The van der Waals surface area contributed by atoms with Crippen LogP contribution in [0.1, 0.15) is 12.8 Å². The Morgan fingerprint density at radius 1 is 1.00 bits per heavy atom. The normalized spacial score (nSPS) is 15.3. The summed E-state index contributed by atoms with van der Waals surface area (Å²) in [6, 6.07) is 15.2. The van der Waals surface area contributed by atoms with Crippen LogP contribution in [-0.4, -0.2) is 69.1 Å². The average molecular weight is 550 g/mol. The zero-order chi connectivity index (χ0) is 27.2. The first-order valence-electron chi connectivity index (χ1n) is 12.7. The van der Waals surface area contributed by atoms with E-state index in [1.807, 2.05) is 48.5 Å². The zero-order valence-electron chi connectivity index (χ0n) is 21.8. The molecular weight excluding hydrogens is 518 g/mol. The topological polar surface area (TPSA) is 134 Å². The van der Waals surface area contributed by atoms with Crippen LogP contribution in [0.15, 0.2) is 54.9 Å². The summed E-state index contributed by atoms with van der Waals surface area (Å²) in [6.45, 7) is 1.37. The molecule has 0 radical (unpaired) electrons. The van der Waals surface area contributed by atoms with Gasteiger partial charge in [0.25, 0.3) is 0 Å². The number of H-pyrrole nitrogens is 1. The van der Waals surface area contributed by atoms with Crippen molar-refractivity contribution in [2.24, 2.45) is 5.92 Å². The Bertz CT molecular complexity index is 1450. The predicted molar refractivity (Wildman–Crippen MR) is 152 cm³/mol. The van der Waals surface area contributed by atoms with Crippen LogP contribution in [0, 0.1) is 5.92 Å². The van der Waals surface area contributed by atoms with Crippen molar-refractivity contribution in [3.8, 4) is 11.5 Å². The number of anilines is 4. The fraction of sp³-hybridized carbons (Fsp3) is 0.333. The van der Waals surface area contributed by atoms with E-state index in [2.05, 4.69) is 35.7 Å². The van der Waals surface area contributed by atoms with Crippen LogP contribution in [0.5, 0.6) is 11.5 Å². The molecule has 4 aromatic rings. The van der Waals surface area contributed by atoms with E-state index >= 15 is 0 Å². The number of carbonyl (C=O) groups excluding carboxylic acids is 1. The highest BCUT2D eigenvalue weighted by Crippen LogP contribution is 2.35. The summed E-state index contributed by atoms with van der Waals surface area (Å²) in [7, 11) is 2.47. The Morgan fingerprint density at radius 3 is 2.44 bits per heavy atom. The van der Waals surface area contributed by atoms with E-state index in [4.69, 9.17) is 9.47 Å². The molecule has 1 aliphatic heterocycles. The predicted octanol–water partition coefficient (Wildman–Crippen LogP) is 3.72. The first kappa shape index (κ1) is 26.4. The molecule has 2 aliphatic rings. The lowest BCUT2D eigenvalue weighted by molar-refractivity contribution is -0.117. The Hall–Kier alpha value is -4.19. The lowest BCUT2D eigenvalue weighted by Gasteiger charge is -2.28. The molecule has 2 aromatic heterocycles. The van der Waals surface area contributed by atoms with E-state index in [9.17, 15) is 9.00 Å². The van der Waals surface area contributed by atoms with Crippen molar-refractivity contribution in [2.45, 2.75) is 12.8 Å². The summed E-state index contributed by atoms with van der Waals surface area (Å²) < 4.78 is 22.2. The highest BCUT2D eigenvalue weighted by Gasteiger charge is 2.29. The van der Waals surface area contributed by atoms with Crippen molar-refractivity contribution < 1.29 is 18.5 Å². The number of benzene rings is 2. The molecule has 2 fully saturated rings. The molecule has 1 aliphatic carbocycles. The molecule has 0 unspecified atom stereocenters. The van der Waals surface area contributed by atoms with Gasteiger partial charge in [-0.25, -0.2) is 9.97 Å². The molecule has 0 bridgehead atoms. The third-order valence-electron chi connectivity index (χ3n) is 6.48. The minimum atomic E-state index is -0.746. The van der Waals surface area contributed by atoms with Crippen LogP contribution >= 0.6 is 0 Å². The lowest BCUT2D eigenvalue weighted by atomic mass is 10.2. The molecule has 11 nitrogen and oxygen atoms in total. The van der Waals surface area contributed by atoms with Gasteiger partial charge in [-0.1, -0.05) is 12.1 Å². The van der Waals surface area contributed by atoms with E-state index in [1.54, 1.807) is 14.2 Å². The summed E-state index contributed by atoms with van der Waals surface area (Å²) in [5.74, 6) is 4.95. The van der Waals surface area contributed by atoms with Crippen LogP contribution < -0.4 is 25.0 Å². The molecule has 1 amide bonds. The van der Waals surface area contributed by atoms with Crippen LogP contribution in [0.2, 0.25) is 0 Å². The lowest BCUT2D eigenvalue weighted by Crippen LogP contribution is -2.38. The maximum Gasteiger partial charge on any atom is 0.227 e. The summed E-state index contributed by atoms with van der Waals surface area (Å²) in [6.07, 6.45) is 3.56. The van der Waals surface area contributed by atoms with Crippen LogP contribution in [0.3, 0.4) is 0 Å². The molecule has 204 valence electrons.